The summed E-state index contributed by atoms with van der Waals surface area (Å²) in [6, 6.07) is 0. The molecule has 0 atom stereocenters. The Morgan fingerprint density at radius 1 is 0.905 bits per heavy atom. The summed E-state index contributed by atoms with van der Waals surface area (Å²) >= 11 is 0. The predicted molar refractivity (Wildman–Crippen MR) is 96.6 cm³/mol. The van der Waals surface area contributed by atoms with Gasteiger partial charge in [0.15, 0.2) is 0 Å². The maximum absolute atomic E-state index is 5.24. The van der Waals surface area contributed by atoms with Crippen LogP contribution < -0.4 is 5.73 Å². The van der Waals surface area contributed by atoms with Crippen LogP contribution in [0.5, 0.6) is 0 Å². The summed E-state index contributed by atoms with van der Waals surface area (Å²) in [5, 5.41) is 1.67. The fourth-order valence-electron chi connectivity index (χ4n) is 0.481. The molecule has 0 spiro atoms. The summed E-state index contributed by atoms with van der Waals surface area (Å²) in [7, 11) is 3.48. The Bertz CT molecular complexity index is 286. The second-order valence-corrected chi connectivity index (χ2v) is 6.06. The minimum absolute atomic E-state index is 0.435. The van der Waals surface area contributed by atoms with Gasteiger partial charge in [-0.05, 0) is 24.7 Å². The molecule has 0 aliphatic carbocycles. The van der Waals surface area contributed by atoms with Gasteiger partial charge in [-0.25, -0.2) is 0 Å². The largest absolute Gasteiger partial charge is 0.402 e. The molecule has 21 heavy (non-hydrogen) atoms. The zero-order chi connectivity index (χ0) is 17.7. The number of rotatable bonds is 5. The first-order valence-electron chi connectivity index (χ1n) is 7.44. The summed E-state index contributed by atoms with van der Waals surface area (Å²) < 4.78 is 0. The van der Waals surface area contributed by atoms with E-state index in [9.17, 15) is 0 Å². The summed E-state index contributed by atoms with van der Waals surface area (Å²) in [6.45, 7) is 25.6. The molecule has 2 N–H and O–H groups in total. The van der Waals surface area contributed by atoms with E-state index < -0.39 is 0 Å². The molecule has 0 aliphatic heterocycles. The fourth-order valence-corrected chi connectivity index (χ4v) is 0.481. The van der Waals surface area contributed by atoms with Crippen molar-refractivity contribution in [1.29, 1.82) is 0 Å². The van der Waals surface area contributed by atoms with Gasteiger partial charge in [0.25, 0.3) is 0 Å². The van der Waals surface area contributed by atoms with E-state index >= 15 is 0 Å². The highest BCUT2D eigenvalue weighted by Gasteiger charge is 2.03. The lowest BCUT2D eigenvalue weighted by atomic mass is 10.1. The van der Waals surface area contributed by atoms with Crippen molar-refractivity contribution in [2.45, 2.75) is 48.5 Å². The highest BCUT2D eigenvalue weighted by atomic mass is 16.7. The Morgan fingerprint density at radius 2 is 1.19 bits per heavy atom. The number of hydroxylamine groups is 2. The molecular formula is C18H38N2O. The van der Waals surface area contributed by atoms with E-state index in [4.69, 9.17) is 10.6 Å². The van der Waals surface area contributed by atoms with E-state index in [-0.39, 0.29) is 0 Å². The molecule has 0 aromatic rings. The van der Waals surface area contributed by atoms with E-state index in [0.717, 1.165) is 11.4 Å². The van der Waals surface area contributed by atoms with Crippen LogP contribution in [-0.2, 0) is 4.84 Å². The first-order valence-corrected chi connectivity index (χ1v) is 7.44. The summed E-state index contributed by atoms with van der Waals surface area (Å²) in [4.78, 5) is 4.91. The lowest BCUT2D eigenvalue weighted by Crippen LogP contribution is -2.18. The highest BCUT2D eigenvalue weighted by molar-refractivity contribution is 4.92. The van der Waals surface area contributed by atoms with Crippen LogP contribution >= 0.6 is 0 Å². The standard InChI is InChI=1S/C7H15NO.C6H12.C5H11N/c1-6(2)7(3)8(4)9-5;1-5(2)6(3)4;1-4(2)5(3)6/h6H,3H2,1-2,4-5H3;6H,1H2,2-4H3;4H,3,6H2,1-2H3. The van der Waals surface area contributed by atoms with Crippen molar-refractivity contribution in [1.82, 2.24) is 5.06 Å². The van der Waals surface area contributed by atoms with Gasteiger partial charge >= 0.3 is 0 Å². The van der Waals surface area contributed by atoms with Gasteiger partial charge in [-0.3, -0.25) is 9.90 Å². The van der Waals surface area contributed by atoms with E-state index in [1.54, 1.807) is 12.2 Å². The maximum Gasteiger partial charge on any atom is 0.0638 e. The third kappa shape index (κ3) is 18.8. The molecule has 0 unspecified atom stereocenters. The van der Waals surface area contributed by atoms with Crippen LogP contribution in [0, 0.1) is 17.8 Å². The average molecular weight is 299 g/mol. The molecule has 0 saturated carbocycles. The Morgan fingerprint density at radius 3 is 1.24 bits per heavy atom. The SMILES string of the molecule is C=C(C(C)C)N(C)OC.C=C(C)C(C)C.C=C(N)C(C)C. The number of allylic oxidation sites excluding steroid dienone is 3. The molecule has 0 rings (SSSR count). The van der Waals surface area contributed by atoms with E-state index in [1.807, 2.05) is 27.8 Å². The second kappa shape index (κ2) is 13.7. The van der Waals surface area contributed by atoms with Crippen molar-refractivity contribution in [3.8, 4) is 0 Å². The van der Waals surface area contributed by atoms with Crippen molar-refractivity contribution in [2.75, 3.05) is 14.2 Å². The molecule has 126 valence electrons. The van der Waals surface area contributed by atoms with Gasteiger partial charge in [0, 0.05) is 18.4 Å². The molecule has 0 fully saturated rings. The quantitative estimate of drug-likeness (QED) is 0.574. The third-order valence-corrected chi connectivity index (χ3v) is 3.07. The van der Waals surface area contributed by atoms with Crippen molar-refractivity contribution >= 4 is 0 Å². The van der Waals surface area contributed by atoms with Crippen LogP contribution in [0.1, 0.15) is 48.5 Å². The van der Waals surface area contributed by atoms with Crippen molar-refractivity contribution < 1.29 is 4.84 Å². The normalized spacial score (nSPS) is 9.52. The third-order valence-electron chi connectivity index (χ3n) is 3.07. The van der Waals surface area contributed by atoms with Gasteiger partial charge in [-0.1, -0.05) is 66.9 Å². The minimum Gasteiger partial charge on any atom is -0.402 e. The summed E-state index contributed by atoms with van der Waals surface area (Å²) in [5.74, 6) is 1.55. The summed E-state index contributed by atoms with van der Waals surface area (Å²) in [6.07, 6.45) is 0. The van der Waals surface area contributed by atoms with Gasteiger partial charge < -0.3 is 5.73 Å². The second-order valence-electron chi connectivity index (χ2n) is 6.06. The van der Waals surface area contributed by atoms with Crippen molar-refractivity contribution in [3.63, 3.8) is 0 Å². The van der Waals surface area contributed by atoms with Gasteiger partial charge in [0.1, 0.15) is 0 Å². The van der Waals surface area contributed by atoms with Crippen LogP contribution in [0.2, 0.25) is 0 Å². The first-order chi connectivity index (χ1) is 9.38. The molecule has 0 saturated heterocycles. The molecule has 0 aliphatic rings. The molecule has 0 aromatic carbocycles. The number of hydrogen-bond donors (Lipinski definition) is 1. The molecular weight excluding hydrogens is 260 g/mol. The Hall–Kier alpha value is -1.22. The zero-order valence-corrected chi connectivity index (χ0v) is 15.8. The first kappa shape index (κ1) is 24.8. The van der Waals surface area contributed by atoms with Crippen LogP contribution in [0.4, 0.5) is 0 Å². The number of nitrogens with zero attached hydrogens (tertiary/aromatic N) is 1. The molecule has 0 amide bonds. The van der Waals surface area contributed by atoms with Gasteiger partial charge in [-0.15, -0.1) is 0 Å². The van der Waals surface area contributed by atoms with Gasteiger partial charge in [0.05, 0.1) is 7.11 Å². The van der Waals surface area contributed by atoms with E-state index in [0.29, 0.717) is 17.8 Å². The molecule has 0 aromatic heterocycles. The Kier molecular flexibility index (Phi) is 16.2. The van der Waals surface area contributed by atoms with Crippen LogP contribution in [0.15, 0.2) is 36.7 Å². The molecule has 3 heteroatoms. The summed E-state index contributed by atoms with van der Waals surface area (Å²) in [5.41, 5.74) is 8.26. The molecule has 3 nitrogen and oxygen atoms in total. The lowest BCUT2D eigenvalue weighted by molar-refractivity contribution is -0.0835. The number of hydrogen-bond acceptors (Lipinski definition) is 3. The van der Waals surface area contributed by atoms with Crippen LogP contribution in [-0.4, -0.2) is 19.2 Å². The van der Waals surface area contributed by atoms with Gasteiger partial charge in [-0.2, -0.15) is 0 Å². The van der Waals surface area contributed by atoms with Crippen molar-refractivity contribution in [2.24, 2.45) is 23.5 Å². The van der Waals surface area contributed by atoms with E-state index in [2.05, 4.69) is 47.4 Å². The van der Waals surface area contributed by atoms with Crippen molar-refractivity contribution in [3.05, 3.63) is 36.7 Å². The van der Waals surface area contributed by atoms with Gasteiger partial charge in [0.2, 0.25) is 0 Å². The van der Waals surface area contributed by atoms with Crippen LogP contribution in [0.3, 0.4) is 0 Å². The minimum atomic E-state index is 0.435. The Labute approximate surface area is 133 Å². The number of nitrogens with two attached hydrogens (primary N) is 1. The highest BCUT2D eigenvalue weighted by Crippen LogP contribution is 2.09. The maximum atomic E-state index is 5.24. The fraction of sp³-hybridized carbons (Fsp3) is 0.667. The Balaban J connectivity index is -0.000000240. The average Bonchev–Trinajstić information content (AvgIpc) is 2.37. The predicted octanol–water partition coefficient (Wildman–Crippen LogP) is 4.98. The van der Waals surface area contributed by atoms with E-state index in [1.165, 1.54) is 5.57 Å². The van der Waals surface area contributed by atoms with Crippen LogP contribution in [0.25, 0.3) is 0 Å². The smallest absolute Gasteiger partial charge is 0.0638 e. The lowest BCUT2D eigenvalue weighted by Gasteiger charge is -2.20. The molecule has 0 bridgehead atoms. The zero-order valence-electron chi connectivity index (χ0n) is 15.8. The monoisotopic (exact) mass is 298 g/mol. The molecule has 0 heterocycles. The topological polar surface area (TPSA) is 38.5 Å². The molecule has 0 radical (unpaired) electrons.